The zero-order valence-electron chi connectivity index (χ0n) is 20.4. The predicted molar refractivity (Wildman–Crippen MR) is 124 cm³/mol. The molecule has 1 amide bonds. The smallest absolute Gasteiger partial charge is 0.232 e. The van der Waals surface area contributed by atoms with E-state index < -0.39 is 0 Å². The van der Waals surface area contributed by atoms with Crippen molar-refractivity contribution in [1.29, 1.82) is 5.26 Å². The largest absolute Gasteiger partial charge is 0.427 e. The standard InChI is InChI=1S/C25H32N6O3/c1-15(2)20-12-30(7-8-31(20)22(32)9-21-29-27-14-33-21)24-18(11-26)17-10-25(3,4)34-13-19(17)23(28-24)16-5-6-16/h14-16,20H,5-10,12-13H2,1-4H3/t20-/m0/s1. The van der Waals surface area contributed by atoms with E-state index in [2.05, 4.69) is 48.9 Å². The van der Waals surface area contributed by atoms with Crippen LogP contribution in [-0.2, 0) is 29.0 Å². The van der Waals surface area contributed by atoms with Crippen LogP contribution in [0.2, 0.25) is 0 Å². The minimum Gasteiger partial charge on any atom is -0.427 e. The minimum absolute atomic E-state index is 0.00213. The Bertz CT molecular complexity index is 1120. The number of carbonyl (C=O) groups excluding carboxylic acids is 1. The Hall–Kier alpha value is -2.99. The van der Waals surface area contributed by atoms with Crippen LogP contribution in [0.25, 0.3) is 0 Å². The number of carbonyl (C=O) groups is 1. The summed E-state index contributed by atoms with van der Waals surface area (Å²) < 4.78 is 11.3. The van der Waals surface area contributed by atoms with E-state index >= 15 is 0 Å². The van der Waals surface area contributed by atoms with Crippen molar-refractivity contribution in [2.24, 2.45) is 5.92 Å². The fraction of sp³-hybridized carbons (Fsp3) is 0.640. The van der Waals surface area contributed by atoms with Crippen LogP contribution in [0.4, 0.5) is 5.82 Å². The van der Waals surface area contributed by atoms with E-state index in [9.17, 15) is 10.1 Å². The second-order valence-corrected chi connectivity index (χ2v) is 10.6. The minimum atomic E-state index is -0.307. The number of rotatable bonds is 5. The normalized spacial score (nSPS) is 21.9. The highest BCUT2D eigenvalue weighted by molar-refractivity contribution is 5.78. The van der Waals surface area contributed by atoms with Gasteiger partial charge in [-0.1, -0.05) is 13.8 Å². The lowest BCUT2D eigenvalue weighted by molar-refractivity contribution is -0.134. The van der Waals surface area contributed by atoms with Crippen molar-refractivity contribution < 1.29 is 13.9 Å². The lowest BCUT2D eigenvalue weighted by Crippen LogP contribution is -2.58. The quantitative estimate of drug-likeness (QED) is 0.664. The molecule has 0 unspecified atom stereocenters. The third kappa shape index (κ3) is 4.27. The van der Waals surface area contributed by atoms with Crippen molar-refractivity contribution in [1.82, 2.24) is 20.1 Å². The average molecular weight is 465 g/mol. The maximum absolute atomic E-state index is 13.1. The third-order valence-electron chi connectivity index (χ3n) is 7.23. The summed E-state index contributed by atoms with van der Waals surface area (Å²) in [4.78, 5) is 22.3. The Labute approximate surface area is 200 Å². The number of aromatic nitrogens is 3. The molecule has 9 heteroatoms. The van der Waals surface area contributed by atoms with E-state index in [-0.39, 0.29) is 29.9 Å². The number of nitrogens with zero attached hydrogens (tertiary/aromatic N) is 6. The molecule has 0 bridgehead atoms. The van der Waals surface area contributed by atoms with Gasteiger partial charge in [-0.3, -0.25) is 4.79 Å². The van der Waals surface area contributed by atoms with Gasteiger partial charge in [0.2, 0.25) is 18.2 Å². The molecule has 0 N–H and O–H groups in total. The van der Waals surface area contributed by atoms with Gasteiger partial charge in [0, 0.05) is 37.5 Å². The molecule has 0 aromatic carbocycles. The summed E-state index contributed by atoms with van der Waals surface area (Å²) in [6, 6.07) is 2.48. The Morgan fingerprint density at radius 2 is 2.09 bits per heavy atom. The first kappa shape index (κ1) is 22.8. The molecule has 2 fully saturated rings. The Kier molecular flexibility index (Phi) is 5.80. The van der Waals surface area contributed by atoms with Crippen LogP contribution in [-0.4, -0.2) is 57.3 Å². The SMILES string of the molecule is CC(C)[C@@H]1CN(c2nc(C3CC3)c3c(c2C#N)CC(C)(C)OC3)CCN1C(=O)Cc1nnco1. The van der Waals surface area contributed by atoms with E-state index in [1.165, 1.54) is 6.39 Å². The molecule has 2 aromatic heterocycles. The van der Waals surface area contributed by atoms with Gasteiger partial charge in [-0.05, 0) is 38.2 Å². The molecule has 5 rings (SSSR count). The first-order valence-corrected chi connectivity index (χ1v) is 12.2. The summed E-state index contributed by atoms with van der Waals surface area (Å²) in [5.74, 6) is 1.79. The Morgan fingerprint density at radius 1 is 1.29 bits per heavy atom. The molecule has 3 aliphatic rings. The molecule has 0 radical (unpaired) electrons. The van der Waals surface area contributed by atoms with Gasteiger partial charge in [0.25, 0.3) is 0 Å². The van der Waals surface area contributed by atoms with Crippen molar-refractivity contribution in [2.45, 2.75) is 77.5 Å². The van der Waals surface area contributed by atoms with Crippen LogP contribution in [0.15, 0.2) is 10.8 Å². The monoisotopic (exact) mass is 464 g/mol. The third-order valence-corrected chi connectivity index (χ3v) is 7.23. The Morgan fingerprint density at radius 3 is 2.74 bits per heavy atom. The topological polar surface area (TPSA) is 108 Å². The summed E-state index contributed by atoms with van der Waals surface area (Å²) in [7, 11) is 0. The molecule has 1 atom stereocenters. The summed E-state index contributed by atoms with van der Waals surface area (Å²) in [6.45, 7) is 10.8. The summed E-state index contributed by atoms with van der Waals surface area (Å²) in [6.07, 6.45) is 4.33. The first-order chi connectivity index (χ1) is 16.3. The molecule has 180 valence electrons. The highest BCUT2D eigenvalue weighted by Gasteiger charge is 2.39. The van der Waals surface area contributed by atoms with E-state index in [1.807, 2.05) is 4.90 Å². The van der Waals surface area contributed by atoms with Gasteiger partial charge in [-0.15, -0.1) is 10.2 Å². The van der Waals surface area contributed by atoms with E-state index in [4.69, 9.17) is 14.1 Å². The highest BCUT2D eigenvalue weighted by Crippen LogP contribution is 2.46. The summed E-state index contributed by atoms with van der Waals surface area (Å²) in [5.41, 5.74) is 3.69. The van der Waals surface area contributed by atoms with Crippen LogP contribution in [0.3, 0.4) is 0 Å². The number of fused-ring (bicyclic) bond motifs is 1. The van der Waals surface area contributed by atoms with Gasteiger partial charge in [0.05, 0.1) is 29.5 Å². The molecule has 1 saturated carbocycles. The molecule has 34 heavy (non-hydrogen) atoms. The lowest BCUT2D eigenvalue weighted by atomic mass is 9.87. The fourth-order valence-corrected chi connectivity index (χ4v) is 5.21. The van der Waals surface area contributed by atoms with Crippen LogP contribution >= 0.6 is 0 Å². The van der Waals surface area contributed by atoms with Gasteiger partial charge in [-0.2, -0.15) is 5.26 Å². The van der Waals surface area contributed by atoms with E-state index in [0.717, 1.165) is 35.5 Å². The van der Waals surface area contributed by atoms with Gasteiger partial charge in [-0.25, -0.2) is 4.98 Å². The molecule has 0 spiro atoms. The predicted octanol–water partition coefficient (Wildman–Crippen LogP) is 2.98. The van der Waals surface area contributed by atoms with Gasteiger partial charge < -0.3 is 19.0 Å². The molecule has 2 aromatic rings. The van der Waals surface area contributed by atoms with Crippen LogP contribution in [0, 0.1) is 17.2 Å². The molecule has 1 saturated heterocycles. The van der Waals surface area contributed by atoms with Gasteiger partial charge in [0.15, 0.2) is 0 Å². The van der Waals surface area contributed by atoms with E-state index in [0.29, 0.717) is 50.0 Å². The average Bonchev–Trinajstić information content (AvgIpc) is 3.53. The zero-order valence-corrected chi connectivity index (χ0v) is 20.4. The maximum atomic E-state index is 13.1. The van der Waals surface area contributed by atoms with Gasteiger partial charge >= 0.3 is 0 Å². The number of piperazine rings is 1. The second-order valence-electron chi connectivity index (χ2n) is 10.6. The number of hydrogen-bond acceptors (Lipinski definition) is 8. The van der Waals surface area contributed by atoms with Crippen molar-refractivity contribution >= 4 is 11.7 Å². The molecular formula is C25H32N6O3. The summed E-state index contributed by atoms with van der Waals surface area (Å²) >= 11 is 0. The number of hydrogen-bond donors (Lipinski definition) is 0. The number of ether oxygens (including phenoxy) is 1. The van der Waals surface area contributed by atoms with Crippen molar-refractivity contribution in [2.75, 3.05) is 24.5 Å². The fourth-order valence-electron chi connectivity index (χ4n) is 5.21. The lowest BCUT2D eigenvalue weighted by Gasteiger charge is -2.44. The number of amides is 1. The molecule has 1 aliphatic carbocycles. The van der Waals surface area contributed by atoms with Crippen molar-refractivity contribution in [3.8, 4) is 6.07 Å². The van der Waals surface area contributed by atoms with Crippen LogP contribution in [0.1, 0.15) is 74.7 Å². The maximum Gasteiger partial charge on any atom is 0.232 e. The van der Waals surface area contributed by atoms with Crippen molar-refractivity contribution in [3.05, 3.63) is 34.7 Å². The zero-order chi connectivity index (χ0) is 24.0. The first-order valence-electron chi connectivity index (χ1n) is 12.2. The Balaban J connectivity index is 1.46. The summed E-state index contributed by atoms with van der Waals surface area (Å²) in [5, 5.41) is 17.8. The molecular weight excluding hydrogens is 432 g/mol. The van der Waals surface area contributed by atoms with E-state index in [1.54, 1.807) is 0 Å². The highest BCUT2D eigenvalue weighted by atomic mass is 16.5. The van der Waals surface area contributed by atoms with Crippen LogP contribution in [0.5, 0.6) is 0 Å². The second kappa shape index (κ2) is 8.66. The molecule has 9 nitrogen and oxygen atoms in total. The molecule has 2 aliphatic heterocycles. The molecule has 4 heterocycles. The van der Waals surface area contributed by atoms with Gasteiger partial charge in [0.1, 0.15) is 18.3 Å². The van der Waals surface area contributed by atoms with Crippen LogP contribution < -0.4 is 4.90 Å². The van der Waals surface area contributed by atoms with Crippen molar-refractivity contribution in [3.63, 3.8) is 0 Å². The number of pyridine rings is 1. The number of nitriles is 1. The number of anilines is 1.